The molecule has 106 valence electrons. The van der Waals surface area contributed by atoms with Crippen molar-refractivity contribution < 1.29 is 9.47 Å². The molecular formula is C13H22N4O2. The summed E-state index contributed by atoms with van der Waals surface area (Å²) >= 11 is 0. The Balaban J connectivity index is 1.92. The Morgan fingerprint density at radius 1 is 1.32 bits per heavy atom. The highest BCUT2D eigenvalue weighted by molar-refractivity contribution is 5.33. The molecule has 1 aromatic heterocycles. The minimum Gasteiger partial charge on any atom is -0.481 e. The number of hydrogen-bond acceptors (Lipinski definition) is 6. The molecule has 0 bridgehead atoms. The van der Waals surface area contributed by atoms with E-state index in [-0.39, 0.29) is 0 Å². The number of aromatic nitrogens is 2. The van der Waals surface area contributed by atoms with Crippen LogP contribution >= 0.6 is 0 Å². The summed E-state index contributed by atoms with van der Waals surface area (Å²) in [6.45, 7) is 6.54. The molecule has 1 aliphatic heterocycles. The number of hydrogen-bond donors (Lipinski definition) is 1. The van der Waals surface area contributed by atoms with E-state index in [2.05, 4.69) is 27.1 Å². The number of nitrogens with one attached hydrogen (secondary N) is 1. The van der Waals surface area contributed by atoms with Crippen LogP contribution in [0.1, 0.15) is 13.3 Å². The molecule has 0 amide bonds. The van der Waals surface area contributed by atoms with Crippen LogP contribution in [0.3, 0.4) is 0 Å². The van der Waals surface area contributed by atoms with E-state index < -0.39 is 0 Å². The second kappa shape index (κ2) is 6.56. The van der Waals surface area contributed by atoms with Crippen molar-refractivity contribution in [3.63, 3.8) is 0 Å². The molecule has 1 aromatic rings. The summed E-state index contributed by atoms with van der Waals surface area (Å²) in [5.74, 6) is 2.24. The zero-order valence-electron chi connectivity index (χ0n) is 11.8. The van der Waals surface area contributed by atoms with E-state index >= 15 is 0 Å². The van der Waals surface area contributed by atoms with E-state index in [9.17, 15) is 0 Å². The van der Waals surface area contributed by atoms with Gasteiger partial charge in [-0.15, -0.1) is 0 Å². The minimum atomic E-state index is 0.510. The second-order valence-corrected chi connectivity index (χ2v) is 4.71. The van der Waals surface area contributed by atoms with Gasteiger partial charge in [0.2, 0.25) is 17.7 Å². The number of ether oxygens (including phenoxy) is 2. The maximum Gasteiger partial charge on any atom is 0.229 e. The minimum absolute atomic E-state index is 0.510. The predicted octanol–water partition coefficient (Wildman–Crippen LogP) is 1.25. The average Bonchev–Trinajstić information content (AvgIpc) is 2.92. The van der Waals surface area contributed by atoms with Crippen LogP contribution in [0.4, 0.5) is 5.95 Å². The van der Waals surface area contributed by atoms with Gasteiger partial charge in [-0.3, -0.25) is 0 Å². The molecule has 1 N–H and O–H groups in total. The third kappa shape index (κ3) is 3.70. The van der Waals surface area contributed by atoms with Gasteiger partial charge >= 0.3 is 0 Å². The van der Waals surface area contributed by atoms with Crippen LogP contribution in [-0.4, -0.2) is 55.3 Å². The molecule has 1 saturated heterocycles. The van der Waals surface area contributed by atoms with E-state index in [1.54, 1.807) is 20.3 Å². The first-order valence-electron chi connectivity index (χ1n) is 6.68. The van der Waals surface area contributed by atoms with Crippen LogP contribution in [-0.2, 0) is 0 Å². The Kier molecular flexibility index (Phi) is 4.79. The van der Waals surface area contributed by atoms with Crippen molar-refractivity contribution in [3.8, 4) is 11.8 Å². The fourth-order valence-electron chi connectivity index (χ4n) is 2.29. The summed E-state index contributed by atoms with van der Waals surface area (Å²) in [4.78, 5) is 11.0. The van der Waals surface area contributed by atoms with E-state index in [0.29, 0.717) is 23.6 Å². The summed E-state index contributed by atoms with van der Waals surface area (Å²) in [5.41, 5.74) is 0. The van der Waals surface area contributed by atoms with Gasteiger partial charge in [0.1, 0.15) is 0 Å². The molecule has 1 unspecified atom stereocenters. The average molecular weight is 266 g/mol. The zero-order chi connectivity index (χ0) is 13.7. The van der Waals surface area contributed by atoms with E-state index in [4.69, 9.17) is 9.47 Å². The molecule has 0 aliphatic carbocycles. The van der Waals surface area contributed by atoms with Gasteiger partial charge in [0.05, 0.1) is 20.3 Å². The van der Waals surface area contributed by atoms with Crippen LogP contribution < -0.4 is 14.8 Å². The Hall–Kier alpha value is -1.56. The first kappa shape index (κ1) is 13.9. The van der Waals surface area contributed by atoms with Crippen molar-refractivity contribution >= 4 is 5.95 Å². The lowest BCUT2D eigenvalue weighted by atomic mass is 10.1. The fourth-order valence-corrected chi connectivity index (χ4v) is 2.29. The largest absolute Gasteiger partial charge is 0.481 e. The normalized spacial score (nSPS) is 19.4. The van der Waals surface area contributed by atoms with Crippen LogP contribution in [0.2, 0.25) is 0 Å². The zero-order valence-corrected chi connectivity index (χ0v) is 11.8. The van der Waals surface area contributed by atoms with Crippen molar-refractivity contribution in [3.05, 3.63) is 6.07 Å². The first-order chi connectivity index (χ1) is 9.25. The van der Waals surface area contributed by atoms with Gasteiger partial charge in [-0.1, -0.05) is 6.92 Å². The maximum atomic E-state index is 5.12. The van der Waals surface area contributed by atoms with Gasteiger partial charge in [0.25, 0.3) is 0 Å². The van der Waals surface area contributed by atoms with Crippen LogP contribution in [0.25, 0.3) is 0 Å². The lowest BCUT2D eigenvalue weighted by Gasteiger charge is -2.14. The Bertz CT molecular complexity index is 391. The highest BCUT2D eigenvalue weighted by Crippen LogP contribution is 2.19. The third-order valence-corrected chi connectivity index (χ3v) is 3.46. The standard InChI is InChI=1S/C13H22N4O2/c1-4-17-6-5-10(9-17)8-14-13-15-11(18-2)7-12(16-13)19-3/h7,10H,4-6,8-9H2,1-3H3,(H,14,15,16). The lowest BCUT2D eigenvalue weighted by Crippen LogP contribution is -2.23. The van der Waals surface area contributed by atoms with Crippen LogP contribution in [0.15, 0.2) is 6.07 Å². The molecule has 2 rings (SSSR count). The third-order valence-electron chi connectivity index (χ3n) is 3.46. The molecule has 1 fully saturated rings. The van der Waals surface area contributed by atoms with Crippen molar-refractivity contribution in [2.45, 2.75) is 13.3 Å². The van der Waals surface area contributed by atoms with Gasteiger partial charge in [0, 0.05) is 13.1 Å². The molecule has 0 aromatic carbocycles. The quantitative estimate of drug-likeness (QED) is 0.836. The van der Waals surface area contributed by atoms with Gasteiger partial charge < -0.3 is 19.7 Å². The highest BCUT2D eigenvalue weighted by atomic mass is 16.5. The molecule has 0 radical (unpaired) electrons. The smallest absolute Gasteiger partial charge is 0.229 e. The molecule has 1 aliphatic rings. The van der Waals surface area contributed by atoms with E-state index in [0.717, 1.165) is 19.6 Å². The monoisotopic (exact) mass is 266 g/mol. The SMILES string of the molecule is CCN1CCC(CNc2nc(OC)cc(OC)n2)C1. The van der Waals surface area contributed by atoms with E-state index in [1.807, 2.05) is 0 Å². The fraction of sp³-hybridized carbons (Fsp3) is 0.692. The molecule has 6 heteroatoms. The number of nitrogens with zero attached hydrogens (tertiary/aromatic N) is 3. The highest BCUT2D eigenvalue weighted by Gasteiger charge is 2.21. The topological polar surface area (TPSA) is 59.5 Å². The summed E-state index contributed by atoms with van der Waals surface area (Å²) in [5, 5.41) is 3.27. The number of anilines is 1. The molecule has 2 heterocycles. The predicted molar refractivity (Wildman–Crippen MR) is 73.8 cm³/mol. The Morgan fingerprint density at radius 3 is 2.53 bits per heavy atom. The number of methoxy groups -OCH3 is 2. The van der Waals surface area contributed by atoms with Crippen molar-refractivity contribution in [1.82, 2.24) is 14.9 Å². The van der Waals surface area contributed by atoms with Crippen LogP contribution in [0, 0.1) is 5.92 Å². The molecule has 0 spiro atoms. The summed E-state index contributed by atoms with van der Waals surface area (Å²) in [6.07, 6.45) is 1.22. The number of rotatable bonds is 6. The maximum absolute atomic E-state index is 5.12. The molecule has 1 atom stereocenters. The molecule has 6 nitrogen and oxygen atoms in total. The van der Waals surface area contributed by atoms with Gasteiger partial charge in [-0.2, -0.15) is 9.97 Å². The number of likely N-dealkylation sites (tertiary alicyclic amines) is 1. The first-order valence-corrected chi connectivity index (χ1v) is 6.68. The van der Waals surface area contributed by atoms with Gasteiger partial charge in [-0.25, -0.2) is 0 Å². The van der Waals surface area contributed by atoms with Crippen molar-refractivity contribution in [1.29, 1.82) is 0 Å². The summed E-state index contributed by atoms with van der Waals surface area (Å²) in [6, 6.07) is 1.67. The Morgan fingerprint density at radius 2 is 2.00 bits per heavy atom. The van der Waals surface area contributed by atoms with Crippen molar-refractivity contribution in [2.24, 2.45) is 5.92 Å². The molecule has 0 saturated carbocycles. The van der Waals surface area contributed by atoms with Crippen molar-refractivity contribution in [2.75, 3.05) is 45.7 Å². The van der Waals surface area contributed by atoms with Gasteiger partial charge in [-0.05, 0) is 25.4 Å². The molecular weight excluding hydrogens is 244 g/mol. The van der Waals surface area contributed by atoms with Crippen LogP contribution in [0.5, 0.6) is 11.8 Å². The Labute approximate surface area is 114 Å². The molecule has 19 heavy (non-hydrogen) atoms. The lowest BCUT2D eigenvalue weighted by molar-refractivity contribution is 0.344. The summed E-state index contributed by atoms with van der Waals surface area (Å²) in [7, 11) is 3.17. The van der Waals surface area contributed by atoms with Gasteiger partial charge in [0.15, 0.2) is 0 Å². The summed E-state index contributed by atoms with van der Waals surface area (Å²) < 4.78 is 10.2. The second-order valence-electron chi connectivity index (χ2n) is 4.71. The van der Waals surface area contributed by atoms with E-state index in [1.165, 1.54) is 13.0 Å².